The first-order chi connectivity index (χ1) is 10.7. The van der Waals surface area contributed by atoms with Gasteiger partial charge in [-0.15, -0.1) is 0 Å². The van der Waals surface area contributed by atoms with Crippen molar-refractivity contribution in [3.05, 3.63) is 11.8 Å². The second-order valence-electron chi connectivity index (χ2n) is 8.98. The van der Waals surface area contributed by atoms with E-state index in [9.17, 15) is 0 Å². The minimum absolute atomic E-state index is 0.0443. The third kappa shape index (κ3) is 2.91. The van der Waals surface area contributed by atoms with Crippen LogP contribution in [0, 0.1) is 16.7 Å². The number of hydrogen-bond acceptors (Lipinski definition) is 3. The van der Waals surface area contributed by atoms with Crippen molar-refractivity contribution in [3.8, 4) is 0 Å². The SMILES string of the molecule is CCO[C@H]1C[C@]23C=C(O[Si](C)(C)C)CC[C@@]2(C)[C@H](C)CC[C@@H]3O1. The third-order valence-electron chi connectivity index (χ3n) is 6.51. The summed E-state index contributed by atoms with van der Waals surface area (Å²) in [4.78, 5) is 0. The molecule has 0 amide bonds. The molecule has 1 aliphatic heterocycles. The van der Waals surface area contributed by atoms with E-state index in [0.717, 1.165) is 31.8 Å². The molecule has 0 N–H and O–H groups in total. The van der Waals surface area contributed by atoms with Gasteiger partial charge in [0.25, 0.3) is 0 Å². The molecule has 0 bridgehead atoms. The second kappa shape index (κ2) is 5.89. The van der Waals surface area contributed by atoms with Crippen LogP contribution in [-0.2, 0) is 13.9 Å². The Labute approximate surface area is 142 Å². The van der Waals surface area contributed by atoms with Crippen LogP contribution in [0.5, 0.6) is 0 Å². The summed E-state index contributed by atoms with van der Waals surface area (Å²) in [5.74, 6) is 1.95. The molecule has 132 valence electrons. The van der Waals surface area contributed by atoms with Crippen LogP contribution in [0.3, 0.4) is 0 Å². The van der Waals surface area contributed by atoms with Gasteiger partial charge < -0.3 is 13.9 Å². The average molecular weight is 339 g/mol. The van der Waals surface area contributed by atoms with Crippen molar-refractivity contribution in [2.24, 2.45) is 16.7 Å². The molecule has 23 heavy (non-hydrogen) atoms. The zero-order valence-corrected chi connectivity index (χ0v) is 16.8. The van der Waals surface area contributed by atoms with Crippen LogP contribution in [0.25, 0.3) is 0 Å². The molecule has 1 saturated carbocycles. The Morgan fingerprint density at radius 1 is 1.30 bits per heavy atom. The first-order valence-corrected chi connectivity index (χ1v) is 12.8. The maximum atomic E-state index is 6.41. The summed E-state index contributed by atoms with van der Waals surface area (Å²) in [6, 6.07) is 0. The van der Waals surface area contributed by atoms with Crippen LogP contribution in [-0.4, -0.2) is 27.3 Å². The molecule has 2 fully saturated rings. The lowest BCUT2D eigenvalue weighted by molar-refractivity contribution is -0.147. The average Bonchev–Trinajstić information content (AvgIpc) is 2.78. The zero-order chi connectivity index (χ0) is 16.9. The smallest absolute Gasteiger partial charge is 0.241 e. The third-order valence-corrected chi connectivity index (χ3v) is 7.38. The Morgan fingerprint density at radius 2 is 2.04 bits per heavy atom. The molecule has 5 atom stereocenters. The van der Waals surface area contributed by atoms with Crippen LogP contribution in [0.1, 0.15) is 52.9 Å². The summed E-state index contributed by atoms with van der Waals surface area (Å²) in [6.45, 7) is 14.5. The van der Waals surface area contributed by atoms with Crippen molar-refractivity contribution in [1.29, 1.82) is 0 Å². The summed E-state index contributed by atoms with van der Waals surface area (Å²) in [5.41, 5.74) is 0.395. The predicted molar refractivity (Wildman–Crippen MR) is 95.6 cm³/mol. The molecule has 1 spiro atoms. The minimum Gasteiger partial charge on any atom is -0.548 e. The molecule has 0 aromatic heterocycles. The molecule has 0 aromatic rings. The van der Waals surface area contributed by atoms with Gasteiger partial charge in [0.1, 0.15) is 0 Å². The van der Waals surface area contributed by atoms with E-state index in [1.165, 1.54) is 18.6 Å². The van der Waals surface area contributed by atoms with E-state index in [-0.39, 0.29) is 11.7 Å². The standard InChI is InChI=1S/C19H34O3Si/c1-7-20-17-13-19-12-15(22-23(4,5)6)10-11-18(19,3)14(2)8-9-16(19)21-17/h12,14,16-17H,7-11,13H2,1-6H3/t14-,16+,17-,18+,19+/m1/s1. The Kier molecular flexibility index (Phi) is 4.48. The molecule has 3 rings (SSSR count). The van der Waals surface area contributed by atoms with Gasteiger partial charge in [0, 0.05) is 24.9 Å². The maximum absolute atomic E-state index is 6.41. The van der Waals surface area contributed by atoms with Gasteiger partial charge in [0.2, 0.25) is 8.32 Å². The van der Waals surface area contributed by atoms with Crippen molar-refractivity contribution >= 4 is 8.32 Å². The zero-order valence-electron chi connectivity index (χ0n) is 15.8. The topological polar surface area (TPSA) is 27.7 Å². The first kappa shape index (κ1) is 17.5. The van der Waals surface area contributed by atoms with E-state index in [1.54, 1.807) is 0 Å². The molecule has 1 heterocycles. The summed E-state index contributed by atoms with van der Waals surface area (Å²) < 4.78 is 18.6. The van der Waals surface area contributed by atoms with Crippen LogP contribution >= 0.6 is 0 Å². The summed E-state index contributed by atoms with van der Waals surface area (Å²) >= 11 is 0. The lowest BCUT2D eigenvalue weighted by Gasteiger charge is -2.57. The largest absolute Gasteiger partial charge is 0.548 e. The number of hydrogen-bond donors (Lipinski definition) is 0. The van der Waals surface area contributed by atoms with Gasteiger partial charge in [-0.2, -0.15) is 0 Å². The normalized spacial score (nSPS) is 43.6. The Hall–Kier alpha value is -0.323. The van der Waals surface area contributed by atoms with E-state index in [1.807, 2.05) is 0 Å². The second-order valence-corrected chi connectivity index (χ2v) is 13.4. The van der Waals surface area contributed by atoms with Gasteiger partial charge in [-0.1, -0.05) is 13.8 Å². The number of rotatable bonds is 4. The van der Waals surface area contributed by atoms with Gasteiger partial charge >= 0.3 is 0 Å². The predicted octanol–water partition coefficient (Wildman–Crippen LogP) is 5.09. The lowest BCUT2D eigenvalue weighted by atomic mass is 9.48. The molecular weight excluding hydrogens is 304 g/mol. The van der Waals surface area contributed by atoms with Crippen LogP contribution in [0.15, 0.2) is 11.8 Å². The fourth-order valence-electron chi connectivity index (χ4n) is 5.16. The molecule has 2 aliphatic carbocycles. The van der Waals surface area contributed by atoms with Crippen molar-refractivity contribution in [1.82, 2.24) is 0 Å². The molecule has 3 aliphatic rings. The highest BCUT2D eigenvalue weighted by Crippen LogP contribution is 2.65. The highest BCUT2D eigenvalue weighted by molar-refractivity contribution is 6.70. The van der Waals surface area contributed by atoms with Gasteiger partial charge in [0.15, 0.2) is 6.29 Å². The Morgan fingerprint density at radius 3 is 2.70 bits per heavy atom. The highest BCUT2D eigenvalue weighted by Gasteiger charge is 2.63. The molecule has 0 aromatic carbocycles. The van der Waals surface area contributed by atoms with Gasteiger partial charge in [-0.25, -0.2) is 0 Å². The molecule has 0 unspecified atom stereocenters. The van der Waals surface area contributed by atoms with E-state index in [0.29, 0.717) is 11.5 Å². The number of allylic oxidation sites excluding steroid dienone is 1. The molecule has 1 saturated heterocycles. The Bertz CT molecular complexity index is 483. The van der Waals surface area contributed by atoms with Crippen molar-refractivity contribution in [2.45, 2.75) is 84.9 Å². The van der Waals surface area contributed by atoms with Gasteiger partial charge in [0.05, 0.1) is 11.9 Å². The summed E-state index contributed by atoms with van der Waals surface area (Å²) in [5, 5.41) is 0. The molecular formula is C19H34O3Si. The van der Waals surface area contributed by atoms with Crippen LogP contribution in [0.2, 0.25) is 19.6 Å². The fraction of sp³-hybridized carbons (Fsp3) is 0.895. The number of ether oxygens (including phenoxy) is 2. The first-order valence-electron chi connectivity index (χ1n) is 9.38. The monoisotopic (exact) mass is 338 g/mol. The highest BCUT2D eigenvalue weighted by atomic mass is 28.4. The van der Waals surface area contributed by atoms with E-state index >= 15 is 0 Å². The fourth-order valence-corrected chi connectivity index (χ4v) is 6.11. The van der Waals surface area contributed by atoms with Crippen LogP contribution in [0.4, 0.5) is 0 Å². The molecule has 4 heteroatoms. The minimum atomic E-state index is -1.56. The van der Waals surface area contributed by atoms with Crippen LogP contribution < -0.4 is 0 Å². The Balaban J connectivity index is 1.97. The molecule has 0 radical (unpaired) electrons. The van der Waals surface area contributed by atoms with Gasteiger partial charge in [-0.3, -0.25) is 0 Å². The molecule has 3 nitrogen and oxygen atoms in total. The summed E-state index contributed by atoms with van der Waals surface area (Å²) in [6.07, 6.45) is 8.43. The van der Waals surface area contributed by atoms with E-state index in [4.69, 9.17) is 13.9 Å². The van der Waals surface area contributed by atoms with E-state index in [2.05, 4.69) is 46.5 Å². The maximum Gasteiger partial charge on any atom is 0.241 e. The van der Waals surface area contributed by atoms with Crippen molar-refractivity contribution in [3.63, 3.8) is 0 Å². The van der Waals surface area contributed by atoms with Crippen molar-refractivity contribution in [2.75, 3.05) is 6.61 Å². The van der Waals surface area contributed by atoms with E-state index < -0.39 is 8.32 Å². The van der Waals surface area contributed by atoms with Gasteiger partial charge in [-0.05, 0) is 63.2 Å². The summed E-state index contributed by atoms with van der Waals surface area (Å²) in [7, 11) is -1.56. The van der Waals surface area contributed by atoms with Crippen molar-refractivity contribution < 1.29 is 13.9 Å². The quantitative estimate of drug-likeness (QED) is 0.668. The lowest BCUT2D eigenvalue weighted by Crippen LogP contribution is -2.53.